The zero-order valence-corrected chi connectivity index (χ0v) is 13.9. The van der Waals surface area contributed by atoms with Gasteiger partial charge in [0.15, 0.2) is 0 Å². The van der Waals surface area contributed by atoms with Crippen molar-refractivity contribution in [2.75, 3.05) is 13.1 Å². The van der Waals surface area contributed by atoms with Crippen molar-refractivity contribution in [3.8, 4) is 0 Å². The van der Waals surface area contributed by atoms with E-state index < -0.39 is 5.60 Å². The number of piperidine rings is 1. The minimum absolute atomic E-state index is 0. The molecule has 3 rings (SSSR count). The fraction of sp³-hybridized carbons (Fsp3) is 0.368. The van der Waals surface area contributed by atoms with Gasteiger partial charge in [-0.25, -0.2) is 0 Å². The van der Waals surface area contributed by atoms with E-state index in [1.54, 1.807) is 0 Å². The van der Waals surface area contributed by atoms with Gasteiger partial charge in [0, 0.05) is 13.1 Å². The molecule has 1 atom stereocenters. The molecule has 0 amide bonds. The van der Waals surface area contributed by atoms with Crippen molar-refractivity contribution in [2.45, 2.75) is 31.9 Å². The number of rotatable bonds is 3. The van der Waals surface area contributed by atoms with Gasteiger partial charge in [0.1, 0.15) is 5.60 Å². The molecule has 0 saturated carbocycles. The van der Waals surface area contributed by atoms with Crippen LogP contribution >= 0.6 is 12.4 Å². The Morgan fingerprint density at radius 3 is 2.59 bits per heavy atom. The van der Waals surface area contributed by atoms with Crippen LogP contribution in [0.2, 0.25) is 0 Å². The summed E-state index contributed by atoms with van der Waals surface area (Å²) in [4.78, 5) is 2.36. The highest BCUT2D eigenvalue weighted by molar-refractivity contribution is 5.85. The van der Waals surface area contributed by atoms with Crippen molar-refractivity contribution in [3.05, 3.63) is 71.3 Å². The van der Waals surface area contributed by atoms with Gasteiger partial charge in [-0.3, -0.25) is 4.90 Å². The zero-order valence-electron chi connectivity index (χ0n) is 13.0. The van der Waals surface area contributed by atoms with Gasteiger partial charge >= 0.3 is 0 Å². The van der Waals surface area contributed by atoms with Crippen LogP contribution in [0.15, 0.2) is 54.6 Å². The number of halogens is 1. The second kappa shape index (κ2) is 7.28. The number of β-amino-alcohol motifs (C(OH)–C–C–N with tert-alkyl or cyclic N) is 1. The van der Waals surface area contributed by atoms with Crippen LogP contribution in [0.3, 0.4) is 0 Å². The summed E-state index contributed by atoms with van der Waals surface area (Å²) in [5.74, 6) is 0. The van der Waals surface area contributed by atoms with E-state index in [2.05, 4.69) is 54.3 Å². The summed E-state index contributed by atoms with van der Waals surface area (Å²) in [5.41, 5.74) is 2.87. The highest BCUT2D eigenvalue weighted by atomic mass is 35.5. The molecule has 1 aliphatic rings. The first-order valence-corrected chi connectivity index (χ1v) is 7.72. The normalized spacial score (nSPS) is 22.1. The molecule has 1 unspecified atom stereocenters. The lowest BCUT2D eigenvalue weighted by molar-refractivity contribution is -0.0381. The van der Waals surface area contributed by atoms with Gasteiger partial charge in [0.25, 0.3) is 0 Å². The van der Waals surface area contributed by atoms with E-state index in [0.29, 0.717) is 6.54 Å². The molecule has 1 aliphatic heterocycles. The van der Waals surface area contributed by atoms with Gasteiger partial charge in [-0.1, -0.05) is 60.2 Å². The average molecular weight is 318 g/mol. The van der Waals surface area contributed by atoms with Crippen LogP contribution in [0.5, 0.6) is 0 Å². The molecule has 2 aromatic carbocycles. The fourth-order valence-corrected chi connectivity index (χ4v) is 3.27. The Bertz CT molecular complexity index is 601. The Labute approximate surface area is 139 Å². The number of likely N-dealkylation sites (tertiary alicyclic amines) is 1. The lowest BCUT2D eigenvalue weighted by Gasteiger charge is -2.39. The summed E-state index contributed by atoms with van der Waals surface area (Å²) in [7, 11) is 0. The zero-order chi connectivity index (χ0) is 14.7. The van der Waals surface area contributed by atoms with Crippen LogP contribution in [0.4, 0.5) is 0 Å². The van der Waals surface area contributed by atoms with Crippen LogP contribution in [0.1, 0.15) is 29.5 Å². The third-order valence-corrected chi connectivity index (χ3v) is 4.35. The maximum atomic E-state index is 11.1. The molecule has 118 valence electrons. The smallest absolute Gasteiger partial charge is 0.102 e. The third kappa shape index (κ3) is 3.89. The number of aryl methyl sites for hydroxylation is 1. The molecule has 1 heterocycles. The Balaban J connectivity index is 0.00000176. The molecule has 0 aromatic heterocycles. The second-order valence-electron chi connectivity index (χ2n) is 6.20. The van der Waals surface area contributed by atoms with Gasteiger partial charge < -0.3 is 5.11 Å². The van der Waals surface area contributed by atoms with Crippen molar-refractivity contribution >= 4 is 12.4 Å². The maximum Gasteiger partial charge on any atom is 0.102 e. The first kappa shape index (κ1) is 17.0. The lowest BCUT2D eigenvalue weighted by Crippen LogP contribution is -2.45. The van der Waals surface area contributed by atoms with Crippen molar-refractivity contribution in [3.63, 3.8) is 0 Å². The van der Waals surface area contributed by atoms with Crippen LogP contribution < -0.4 is 0 Å². The molecule has 2 nitrogen and oxygen atoms in total. The average Bonchev–Trinajstić information content (AvgIpc) is 2.48. The number of aliphatic hydroxyl groups is 1. The number of hydrogen-bond acceptors (Lipinski definition) is 2. The molecule has 0 radical (unpaired) electrons. The molecule has 1 fully saturated rings. The first-order chi connectivity index (χ1) is 10.2. The maximum absolute atomic E-state index is 11.1. The summed E-state index contributed by atoms with van der Waals surface area (Å²) in [6.45, 7) is 4.76. The molecule has 0 spiro atoms. The van der Waals surface area contributed by atoms with Crippen molar-refractivity contribution in [2.24, 2.45) is 0 Å². The lowest BCUT2D eigenvalue weighted by atomic mass is 9.85. The third-order valence-electron chi connectivity index (χ3n) is 4.35. The predicted octanol–water partition coefficient (Wildman–Crippen LogP) is 3.90. The summed E-state index contributed by atoms with van der Waals surface area (Å²) < 4.78 is 0. The molecule has 3 heteroatoms. The van der Waals surface area contributed by atoms with Gasteiger partial charge in [-0.15, -0.1) is 12.4 Å². The summed E-state index contributed by atoms with van der Waals surface area (Å²) in [6.07, 6.45) is 1.89. The molecular weight excluding hydrogens is 294 g/mol. The Morgan fingerprint density at radius 1 is 1.09 bits per heavy atom. The van der Waals surface area contributed by atoms with Gasteiger partial charge in [0.2, 0.25) is 0 Å². The van der Waals surface area contributed by atoms with Crippen LogP contribution in [0.25, 0.3) is 0 Å². The first-order valence-electron chi connectivity index (χ1n) is 7.72. The van der Waals surface area contributed by atoms with E-state index >= 15 is 0 Å². The Morgan fingerprint density at radius 2 is 1.86 bits per heavy atom. The minimum atomic E-state index is -0.709. The van der Waals surface area contributed by atoms with Crippen molar-refractivity contribution in [1.29, 1.82) is 0 Å². The number of hydrogen-bond donors (Lipinski definition) is 1. The predicted molar refractivity (Wildman–Crippen MR) is 93.3 cm³/mol. The van der Waals surface area contributed by atoms with Gasteiger partial charge in [-0.2, -0.15) is 0 Å². The molecule has 1 N–H and O–H groups in total. The quantitative estimate of drug-likeness (QED) is 0.928. The van der Waals surface area contributed by atoms with Gasteiger partial charge in [-0.05, 0) is 37.4 Å². The van der Waals surface area contributed by atoms with Crippen LogP contribution in [-0.4, -0.2) is 23.1 Å². The van der Waals surface area contributed by atoms with Gasteiger partial charge in [0.05, 0.1) is 0 Å². The molecule has 1 saturated heterocycles. The molecule has 2 aromatic rings. The summed E-state index contributed by atoms with van der Waals surface area (Å²) in [5, 5.41) is 11.1. The number of benzene rings is 2. The standard InChI is InChI=1S/C19H23NO.ClH/c1-16-7-5-10-18(13-16)19(21)11-6-12-20(15-19)14-17-8-3-2-4-9-17;/h2-5,7-10,13,21H,6,11-12,14-15H2,1H3;1H. The van der Waals surface area contributed by atoms with Crippen molar-refractivity contribution < 1.29 is 5.11 Å². The SMILES string of the molecule is Cc1cccc(C2(O)CCCN(Cc3ccccc3)C2)c1.Cl. The minimum Gasteiger partial charge on any atom is -0.384 e. The van der Waals surface area contributed by atoms with E-state index in [-0.39, 0.29) is 12.4 Å². The van der Waals surface area contributed by atoms with E-state index in [1.165, 1.54) is 11.1 Å². The number of nitrogens with zero attached hydrogens (tertiary/aromatic N) is 1. The second-order valence-corrected chi connectivity index (χ2v) is 6.20. The highest BCUT2D eigenvalue weighted by Crippen LogP contribution is 2.32. The largest absolute Gasteiger partial charge is 0.384 e. The topological polar surface area (TPSA) is 23.5 Å². The summed E-state index contributed by atoms with van der Waals surface area (Å²) in [6, 6.07) is 18.8. The summed E-state index contributed by atoms with van der Waals surface area (Å²) >= 11 is 0. The monoisotopic (exact) mass is 317 g/mol. The van der Waals surface area contributed by atoms with E-state index in [0.717, 1.165) is 31.5 Å². The fourth-order valence-electron chi connectivity index (χ4n) is 3.27. The van der Waals surface area contributed by atoms with Crippen LogP contribution in [0, 0.1) is 6.92 Å². The van der Waals surface area contributed by atoms with E-state index in [9.17, 15) is 5.11 Å². The highest BCUT2D eigenvalue weighted by Gasteiger charge is 2.34. The molecular formula is C19H24ClNO. The van der Waals surface area contributed by atoms with E-state index in [1.807, 2.05) is 12.1 Å². The Kier molecular flexibility index (Phi) is 5.63. The Hall–Kier alpha value is -1.35. The van der Waals surface area contributed by atoms with E-state index in [4.69, 9.17) is 0 Å². The molecule has 22 heavy (non-hydrogen) atoms. The molecule has 0 bridgehead atoms. The van der Waals surface area contributed by atoms with Crippen LogP contribution in [-0.2, 0) is 12.1 Å². The van der Waals surface area contributed by atoms with Crippen molar-refractivity contribution in [1.82, 2.24) is 4.90 Å². The molecule has 0 aliphatic carbocycles.